The normalized spacial score (nSPS) is 14.9. The Kier molecular flexibility index (Phi) is 2.15. The number of para-hydroxylation sites is 1. The fraction of sp³-hybridized carbons (Fsp3) is 0.188. The molecule has 1 saturated carbocycles. The Morgan fingerprint density at radius 1 is 1.05 bits per heavy atom. The van der Waals surface area contributed by atoms with Crippen molar-refractivity contribution in [1.29, 1.82) is 0 Å². The highest BCUT2D eigenvalue weighted by molar-refractivity contribution is 6.09. The molecule has 1 aliphatic carbocycles. The summed E-state index contributed by atoms with van der Waals surface area (Å²) in [5, 5.41) is 5.35. The van der Waals surface area contributed by atoms with Crippen LogP contribution in [-0.2, 0) is 4.79 Å². The highest BCUT2D eigenvalue weighted by Crippen LogP contribution is 2.31. The first-order valence-corrected chi connectivity index (χ1v) is 6.62. The third-order valence-electron chi connectivity index (χ3n) is 3.72. The average molecular weight is 250 g/mol. The molecule has 94 valence electrons. The largest absolute Gasteiger partial charge is 0.355 e. The number of H-pyrrole nitrogens is 1. The van der Waals surface area contributed by atoms with E-state index in [0.29, 0.717) is 0 Å². The van der Waals surface area contributed by atoms with Gasteiger partial charge in [0.25, 0.3) is 0 Å². The zero-order valence-electron chi connectivity index (χ0n) is 10.4. The van der Waals surface area contributed by atoms with E-state index in [2.05, 4.69) is 28.5 Å². The molecular formula is C16H14N2O. The molecule has 1 aromatic heterocycles. The first kappa shape index (κ1) is 10.6. The molecule has 0 bridgehead atoms. The number of anilines is 1. The van der Waals surface area contributed by atoms with Crippen molar-refractivity contribution in [3.8, 4) is 0 Å². The van der Waals surface area contributed by atoms with E-state index in [1.165, 1.54) is 5.39 Å². The van der Waals surface area contributed by atoms with Crippen molar-refractivity contribution in [3.05, 3.63) is 42.5 Å². The number of aromatic nitrogens is 1. The van der Waals surface area contributed by atoms with Crippen LogP contribution in [0.1, 0.15) is 12.8 Å². The van der Waals surface area contributed by atoms with E-state index in [9.17, 15) is 4.79 Å². The van der Waals surface area contributed by atoms with Gasteiger partial charge in [0.05, 0.1) is 0 Å². The topological polar surface area (TPSA) is 44.9 Å². The van der Waals surface area contributed by atoms with Gasteiger partial charge in [-0.05, 0) is 37.1 Å². The van der Waals surface area contributed by atoms with Crippen LogP contribution in [-0.4, -0.2) is 10.9 Å². The molecule has 1 heterocycles. The Morgan fingerprint density at radius 2 is 1.84 bits per heavy atom. The van der Waals surface area contributed by atoms with Gasteiger partial charge in [-0.25, -0.2) is 0 Å². The third kappa shape index (κ3) is 1.78. The van der Waals surface area contributed by atoms with Crippen LogP contribution in [0.4, 0.5) is 5.69 Å². The number of carbonyl (C=O) groups is 1. The van der Waals surface area contributed by atoms with E-state index in [1.807, 2.05) is 24.3 Å². The second-order valence-electron chi connectivity index (χ2n) is 5.19. The first-order valence-electron chi connectivity index (χ1n) is 6.62. The Balaban J connectivity index is 1.80. The van der Waals surface area contributed by atoms with Crippen molar-refractivity contribution in [3.63, 3.8) is 0 Å². The summed E-state index contributed by atoms with van der Waals surface area (Å²) in [6.45, 7) is 0. The minimum Gasteiger partial charge on any atom is -0.355 e. The van der Waals surface area contributed by atoms with Crippen molar-refractivity contribution in [2.75, 3.05) is 5.32 Å². The molecule has 0 unspecified atom stereocenters. The number of aromatic amines is 1. The van der Waals surface area contributed by atoms with Gasteiger partial charge in [0.2, 0.25) is 5.91 Å². The maximum absolute atomic E-state index is 11.8. The molecule has 1 aliphatic rings. The van der Waals surface area contributed by atoms with Crippen molar-refractivity contribution in [1.82, 2.24) is 4.98 Å². The summed E-state index contributed by atoms with van der Waals surface area (Å²) in [7, 11) is 0. The van der Waals surface area contributed by atoms with Crippen LogP contribution in [0.25, 0.3) is 21.8 Å². The van der Waals surface area contributed by atoms with Crippen molar-refractivity contribution in [2.45, 2.75) is 12.8 Å². The van der Waals surface area contributed by atoms with Crippen molar-refractivity contribution in [2.24, 2.45) is 5.92 Å². The lowest BCUT2D eigenvalue weighted by Crippen LogP contribution is -2.12. The van der Waals surface area contributed by atoms with Gasteiger partial charge in [0.1, 0.15) is 0 Å². The monoisotopic (exact) mass is 250 g/mol. The predicted molar refractivity (Wildman–Crippen MR) is 77.2 cm³/mol. The molecule has 3 heteroatoms. The van der Waals surface area contributed by atoms with Crippen LogP contribution in [0.5, 0.6) is 0 Å². The Hall–Kier alpha value is -2.29. The Bertz CT molecular complexity index is 784. The zero-order valence-corrected chi connectivity index (χ0v) is 10.4. The van der Waals surface area contributed by atoms with Crippen LogP contribution in [0.15, 0.2) is 42.5 Å². The molecule has 1 amide bonds. The third-order valence-corrected chi connectivity index (χ3v) is 3.72. The lowest BCUT2D eigenvalue weighted by molar-refractivity contribution is -0.117. The Labute approximate surface area is 110 Å². The van der Waals surface area contributed by atoms with E-state index >= 15 is 0 Å². The SMILES string of the molecule is O=C(Nc1ccc2[nH]c3ccccc3c2c1)C1CC1. The molecule has 0 aliphatic heterocycles. The summed E-state index contributed by atoms with van der Waals surface area (Å²) >= 11 is 0. The quantitative estimate of drug-likeness (QED) is 0.716. The summed E-state index contributed by atoms with van der Waals surface area (Å²) in [6.07, 6.45) is 2.06. The van der Waals surface area contributed by atoms with Gasteiger partial charge >= 0.3 is 0 Å². The smallest absolute Gasteiger partial charge is 0.227 e. The molecule has 1 fully saturated rings. The van der Waals surface area contributed by atoms with Crippen LogP contribution < -0.4 is 5.32 Å². The van der Waals surface area contributed by atoms with Gasteiger partial charge in [-0.15, -0.1) is 0 Å². The summed E-state index contributed by atoms with van der Waals surface area (Å²) in [6, 6.07) is 14.3. The van der Waals surface area contributed by atoms with E-state index < -0.39 is 0 Å². The van der Waals surface area contributed by atoms with Gasteiger partial charge in [0.15, 0.2) is 0 Å². The maximum atomic E-state index is 11.8. The molecule has 19 heavy (non-hydrogen) atoms. The number of hydrogen-bond acceptors (Lipinski definition) is 1. The molecule has 0 atom stereocenters. The molecule has 0 radical (unpaired) electrons. The molecule has 0 saturated heterocycles. The minimum absolute atomic E-state index is 0.152. The summed E-state index contributed by atoms with van der Waals surface area (Å²) < 4.78 is 0. The molecule has 3 aromatic rings. The van der Waals surface area contributed by atoms with Crippen molar-refractivity contribution >= 4 is 33.4 Å². The minimum atomic E-state index is 0.152. The zero-order chi connectivity index (χ0) is 12.8. The van der Waals surface area contributed by atoms with Gasteiger partial charge in [-0.3, -0.25) is 4.79 Å². The summed E-state index contributed by atoms with van der Waals surface area (Å²) in [5.41, 5.74) is 3.11. The number of rotatable bonds is 2. The fourth-order valence-electron chi connectivity index (χ4n) is 2.52. The van der Waals surface area contributed by atoms with Crippen molar-refractivity contribution < 1.29 is 4.79 Å². The summed E-state index contributed by atoms with van der Waals surface area (Å²) in [5.74, 6) is 0.387. The van der Waals surface area contributed by atoms with E-state index in [-0.39, 0.29) is 11.8 Å². The molecule has 4 rings (SSSR count). The number of carbonyl (C=O) groups excluding carboxylic acids is 1. The highest BCUT2D eigenvalue weighted by Gasteiger charge is 2.29. The van der Waals surface area contributed by atoms with Crippen LogP contribution in [0.3, 0.4) is 0 Å². The van der Waals surface area contributed by atoms with Crippen LogP contribution in [0, 0.1) is 5.92 Å². The predicted octanol–water partition coefficient (Wildman–Crippen LogP) is 3.67. The number of benzene rings is 2. The molecule has 3 nitrogen and oxygen atoms in total. The highest BCUT2D eigenvalue weighted by atomic mass is 16.2. The van der Waals surface area contributed by atoms with Gasteiger partial charge in [-0.1, -0.05) is 18.2 Å². The second kappa shape index (κ2) is 3.85. The van der Waals surface area contributed by atoms with E-state index in [0.717, 1.165) is 34.9 Å². The number of amides is 1. The number of hydrogen-bond donors (Lipinski definition) is 2. The lowest BCUT2D eigenvalue weighted by Gasteiger charge is -2.04. The van der Waals surface area contributed by atoms with Crippen LogP contribution >= 0.6 is 0 Å². The molecular weight excluding hydrogens is 236 g/mol. The lowest BCUT2D eigenvalue weighted by atomic mass is 10.1. The standard InChI is InChI=1S/C16H14N2O/c19-16(10-5-6-10)17-11-7-8-15-13(9-11)12-3-1-2-4-14(12)18-15/h1-4,7-10,18H,5-6H2,(H,17,19). The maximum Gasteiger partial charge on any atom is 0.227 e. The molecule has 0 spiro atoms. The first-order chi connectivity index (χ1) is 9.31. The van der Waals surface area contributed by atoms with Gasteiger partial charge in [-0.2, -0.15) is 0 Å². The molecule has 2 aromatic carbocycles. The van der Waals surface area contributed by atoms with Gasteiger partial charge in [0, 0.05) is 33.4 Å². The molecule has 2 N–H and O–H groups in total. The number of nitrogens with one attached hydrogen (secondary N) is 2. The average Bonchev–Trinajstić information content (AvgIpc) is 3.21. The van der Waals surface area contributed by atoms with E-state index in [1.54, 1.807) is 0 Å². The summed E-state index contributed by atoms with van der Waals surface area (Å²) in [4.78, 5) is 15.2. The van der Waals surface area contributed by atoms with Crippen LogP contribution in [0.2, 0.25) is 0 Å². The number of fused-ring (bicyclic) bond motifs is 3. The Morgan fingerprint density at radius 3 is 2.68 bits per heavy atom. The second-order valence-corrected chi connectivity index (χ2v) is 5.19. The van der Waals surface area contributed by atoms with E-state index in [4.69, 9.17) is 0 Å². The van der Waals surface area contributed by atoms with Gasteiger partial charge < -0.3 is 10.3 Å². The fourth-order valence-corrected chi connectivity index (χ4v) is 2.52.